The molecule has 0 unspecified atom stereocenters. The molecule has 182 valence electrons. The van der Waals surface area contributed by atoms with E-state index in [1.165, 1.54) is 20.1 Å². The van der Waals surface area contributed by atoms with Gasteiger partial charge in [0.2, 0.25) is 11.8 Å². The van der Waals surface area contributed by atoms with Gasteiger partial charge in [0.1, 0.15) is 0 Å². The molecule has 0 bridgehead atoms. The number of hydrogen-bond donors (Lipinski definition) is 4. The molecule has 0 saturated heterocycles. The van der Waals surface area contributed by atoms with Gasteiger partial charge in [-0.2, -0.15) is 4.98 Å². The SMILES string of the molecule is [2H]C([2H])([2H])NC(=O)c1nnc(NC(=O)C2CC2)cc1Nc1cccc(-c2nc(CNC(C)=O)no2)c1OC. The Balaban J connectivity index is 1.68. The first-order valence-electron chi connectivity index (χ1n) is 12.1. The number of carbonyl (C=O) groups excluding carboxylic acids is 3. The van der Waals surface area contributed by atoms with Crippen LogP contribution in [0.3, 0.4) is 0 Å². The Bertz CT molecular complexity index is 1370. The van der Waals surface area contributed by atoms with Gasteiger partial charge < -0.3 is 30.5 Å². The lowest BCUT2D eigenvalue weighted by Crippen LogP contribution is -2.22. The molecule has 4 N–H and O–H groups in total. The molecule has 1 fully saturated rings. The fraction of sp³-hybridized carbons (Fsp3) is 0.318. The van der Waals surface area contributed by atoms with Crippen LogP contribution in [-0.2, 0) is 16.1 Å². The molecule has 0 aliphatic heterocycles. The average Bonchev–Trinajstić information content (AvgIpc) is 3.59. The van der Waals surface area contributed by atoms with Crippen molar-refractivity contribution in [3.63, 3.8) is 0 Å². The van der Waals surface area contributed by atoms with Crippen molar-refractivity contribution in [1.82, 2.24) is 31.0 Å². The highest BCUT2D eigenvalue weighted by atomic mass is 16.5. The molecule has 35 heavy (non-hydrogen) atoms. The van der Waals surface area contributed by atoms with Gasteiger partial charge in [-0.25, -0.2) is 0 Å². The van der Waals surface area contributed by atoms with E-state index >= 15 is 0 Å². The minimum Gasteiger partial charge on any atom is -0.494 e. The molecule has 0 atom stereocenters. The number of rotatable bonds is 9. The first-order valence-corrected chi connectivity index (χ1v) is 10.6. The van der Waals surface area contributed by atoms with Crippen LogP contribution in [0.25, 0.3) is 11.5 Å². The third-order valence-corrected chi connectivity index (χ3v) is 5.00. The zero-order chi connectivity index (χ0) is 27.4. The molecule has 0 spiro atoms. The number of hydrogen-bond acceptors (Lipinski definition) is 10. The van der Waals surface area contributed by atoms with E-state index in [2.05, 4.69) is 36.3 Å². The summed E-state index contributed by atoms with van der Waals surface area (Å²) in [6.07, 6.45) is 1.55. The molecule has 0 radical (unpaired) electrons. The minimum absolute atomic E-state index is 0.0557. The Morgan fingerprint density at radius 1 is 1.23 bits per heavy atom. The lowest BCUT2D eigenvalue weighted by Gasteiger charge is -2.15. The van der Waals surface area contributed by atoms with Gasteiger partial charge in [-0.15, -0.1) is 10.2 Å². The Morgan fingerprint density at radius 2 is 2.06 bits per heavy atom. The monoisotopic (exact) mass is 483 g/mol. The number of para-hydroxylation sites is 1. The van der Waals surface area contributed by atoms with Crippen molar-refractivity contribution in [2.24, 2.45) is 5.92 Å². The second-order valence-electron chi connectivity index (χ2n) is 7.65. The zero-order valence-electron chi connectivity index (χ0n) is 21.8. The Labute approximate surface area is 204 Å². The molecule has 1 saturated carbocycles. The number of amides is 3. The van der Waals surface area contributed by atoms with Crippen LogP contribution in [-0.4, -0.2) is 52.1 Å². The Hall–Kier alpha value is -4.55. The van der Waals surface area contributed by atoms with Crippen LogP contribution in [0, 0.1) is 5.92 Å². The summed E-state index contributed by atoms with van der Waals surface area (Å²) >= 11 is 0. The van der Waals surface area contributed by atoms with Gasteiger partial charge in [0.15, 0.2) is 23.1 Å². The normalized spacial score (nSPS) is 14.2. The van der Waals surface area contributed by atoms with Crippen molar-refractivity contribution >= 4 is 34.9 Å². The zero-order valence-corrected chi connectivity index (χ0v) is 18.8. The van der Waals surface area contributed by atoms with E-state index < -0.39 is 12.9 Å². The van der Waals surface area contributed by atoms with Gasteiger partial charge in [-0.3, -0.25) is 14.4 Å². The van der Waals surface area contributed by atoms with Crippen LogP contribution >= 0.6 is 0 Å². The van der Waals surface area contributed by atoms with Crippen molar-refractivity contribution in [3.05, 3.63) is 35.8 Å². The molecule has 13 heteroatoms. The fourth-order valence-corrected chi connectivity index (χ4v) is 3.16. The quantitative estimate of drug-likeness (QED) is 0.350. The first-order chi connectivity index (χ1) is 18.0. The summed E-state index contributed by atoms with van der Waals surface area (Å²) in [5.41, 5.74) is 0.465. The van der Waals surface area contributed by atoms with Crippen LogP contribution in [0.2, 0.25) is 0 Å². The lowest BCUT2D eigenvalue weighted by molar-refractivity contribution is -0.119. The van der Waals surface area contributed by atoms with Crippen LogP contribution in [0.4, 0.5) is 17.2 Å². The third-order valence-electron chi connectivity index (χ3n) is 5.00. The van der Waals surface area contributed by atoms with Crippen LogP contribution in [0.15, 0.2) is 28.8 Å². The highest BCUT2D eigenvalue weighted by molar-refractivity contribution is 6.00. The number of ether oxygens (including phenoxy) is 1. The molecule has 1 aliphatic rings. The third kappa shape index (κ3) is 5.51. The molecule has 4 rings (SSSR count). The maximum Gasteiger partial charge on any atom is 0.273 e. The first kappa shape index (κ1) is 19.9. The van der Waals surface area contributed by atoms with E-state index in [-0.39, 0.29) is 58.9 Å². The lowest BCUT2D eigenvalue weighted by atomic mass is 10.1. The van der Waals surface area contributed by atoms with Crippen molar-refractivity contribution in [2.75, 3.05) is 24.7 Å². The van der Waals surface area contributed by atoms with Gasteiger partial charge in [0.05, 0.1) is 30.6 Å². The van der Waals surface area contributed by atoms with Crippen molar-refractivity contribution in [1.29, 1.82) is 0 Å². The molecule has 13 nitrogen and oxygen atoms in total. The van der Waals surface area contributed by atoms with Crippen molar-refractivity contribution < 1.29 is 27.8 Å². The largest absolute Gasteiger partial charge is 0.494 e. The molecular formula is C22H24N8O5. The van der Waals surface area contributed by atoms with Crippen LogP contribution in [0.5, 0.6) is 5.75 Å². The average molecular weight is 484 g/mol. The molecule has 1 aliphatic carbocycles. The standard InChI is InChI=1S/C22H24N8O5/c1-11(31)24-10-17-27-22(35-30-17)13-5-4-6-14(19(13)34-3)25-15-9-16(26-20(32)12-7-8-12)28-29-18(15)21(33)23-2/h4-6,9,12H,7-8,10H2,1-3H3,(H,23,33)(H,24,31)(H2,25,26,28,32)/i2D3. The Kier molecular flexibility index (Phi) is 5.77. The molecule has 2 aromatic heterocycles. The second kappa shape index (κ2) is 10.2. The molecular weight excluding hydrogens is 456 g/mol. The molecule has 3 aromatic rings. The van der Waals surface area contributed by atoms with E-state index in [1.807, 2.05) is 5.32 Å². The summed E-state index contributed by atoms with van der Waals surface area (Å²) in [6, 6.07) is 6.32. The number of methoxy groups -OCH3 is 1. The number of carbonyl (C=O) groups is 3. The van der Waals surface area contributed by atoms with Gasteiger partial charge in [0, 0.05) is 30.0 Å². The number of benzene rings is 1. The second-order valence-corrected chi connectivity index (χ2v) is 7.65. The van der Waals surface area contributed by atoms with Crippen molar-refractivity contribution in [3.8, 4) is 17.2 Å². The number of nitrogens with one attached hydrogen (secondary N) is 4. The number of aromatic nitrogens is 4. The van der Waals surface area contributed by atoms with Gasteiger partial charge >= 0.3 is 0 Å². The summed E-state index contributed by atoms with van der Waals surface area (Å²) < 4.78 is 32.9. The number of anilines is 3. The summed E-state index contributed by atoms with van der Waals surface area (Å²) in [5.74, 6) is -0.907. The highest BCUT2D eigenvalue weighted by Gasteiger charge is 2.30. The molecule has 2 heterocycles. The molecule has 1 aromatic carbocycles. The van der Waals surface area contributed by atoms with Crippen LogP contribution < -0.4 is 26.0 Å². The topological polar surface area (TPSA) is 173 Å². The van der Waals surface area contributed by atoms with Gasteiger partial charge in [-0.1, -0.05) is 11.2 Å². The minimum atomic E-state index is -2.76. The predicted molar refractivity (Wildman–Crippen MR) is 124 cm³/mol. The smallest absolute Gasteiger partial charge is 0.273 e. The van der Waals surface area contributed by atoms with Gasteiger partial charge in [-0.05, 0) is 25.0 Å². The highest BCUT2D eigenvalue weighted by Crippen LogP contribution is 2.38. The van der Waals surface area contributed by atoms with E-state index in [1.54, 1.807) is 18.2 Å². The number of nitrogens with zero attached hydrogens (tertiary/aromatic N) is 4. The fourth-order valence-electron chi connectivity index (χ4n) is 3.16. The molecule has 3 amide bonds. The summed E-state index contributed by atoms with van der Waals surface area (Å²) in [4.78, 5) is 40.3. The van der Waals surface area contributed by atoms with E-state index in [4.69, 9.17) is 13.4 Å². The summed E-state index contributed by atoms with van der Waals surface area (Å²) in [6.45, 7) is -1.33. The van der Waals surface area contributed by atoms with Crippen LogP contribution in [0.1, 0.15) is 40.2 Å². The van der Waals surface area contributed by atoms with Crippen molar-refractivity contribution in [2.45, 2.75) is 26.3 Å². The Morgan fingerprint density at radius 3 is 2.77 bits per heavy atom. The van der Waals surface area contributed by atoms with E-state index in [9.17, 15) is 14.4 Å². The summed E-state index contributed by atoms with van der Waals surface area (Å²) in [7, 11) is 1.41. The summed E-state index contributed by atoms with van der Waals surface area (Å²) in [5, 5.41) is 21.7. The maximum atomic E-state index is 12.7. The van der Waals surface area contributed by atoms with E-state index in [0.29, 0.717) is 11.3 Å². The van der Waals surface area contributed by atoms with E-state index in [0.717, 1.165) is 12.8 Å². The predicted octanol–water partition coefficient (Wildman–Crippen LogP) is 1.62. The maximum absolute atomic E-state index is 12.7. The van der Waals surface area contributed by atoms with Gasteiger partial charge in [0.25, 0.3) is 11.8 Å².